The zero-order valence-electron chi connectivity index (χ0n) is 12.2. The summed E-state index contributed by atoms with van der Waals surface area (Å²) in [7, 11) is 5.52. The highest BCUT2D eigenvalue weighted by Crippen LogP contribution is 2.13. The Morgan fingerprint density at radius 3 is 2.90 bits per heavy atom. The lowest BCUT2D eigenvalue weighted by atomic mass is 10.1. The molecule has 1 atom stereocenters. The number of anilines is 1. The lowest BCUT2D eigenvalue weighted by Crippen LogP contribution is -2.51. The van der Waals surface area contributed by atoms with E-state index in [0.717, 1.165) is 19.6 Å². The summed E-state index contributed by atoms with van der Waals surface area (Å²) in [5.74, 6) is 0.319. The van der Waals surface area contributed by atoms with Gasteiger partial charge in [-0.25, -0.2) is 14.8 Å². The van der Waals surface area contributed by atoms with E-state index < -0.39 is 5.97 Å². The van der Waals surface area contributed by atoms with Crippen LogP contribution in [0.1, 0.15) is 16.2 Å². The van der Waals surface area contributed by atoms with Gasteiger partial charge in [-0.1, -0.05) is 0 Å². The average Bonchev–Trinajstić information content (AvgIpc) is 2.42. The molecule has 0 radical (unpaired) electrons. The first-order valence-electron chi connectivity index (χ1n) is 6.59. The molecule has 1 aliphatic rings. The third-order valence-electron chi connectivity index (χ3n) is 3.67. The van der Waals surface area contributed by atoms with Gasteiger partial charge in [-0.15, -0.1) is 0 Å². The first-order chi connectivity index (χ1) is 9.51. The van der Waals surface area contributed by atoms with Crippen LogP contribution in [0.5, 0.6) is 0 Å². The maximum Gasteiger partial charge on any atom is 0.343 e. The molecule has 2 N–H and O–H groups in total. The summed E-state index contributed by atoms with van der Waals surface area (Å²) in [5.41, 5.74) is 6.00. The normalized spacial score (nSPS) is 20.9. The van der Waals surface area contributed by atoms with Gasteiger partial charge in [-0.3, -0.25) is 0 Å². The van der Waals surface area contributed by atoms with Crippen molar-refractivity contribution in [2.45, 2.75) is 12.5 Å². The van der Waals surface area contributed by atoms with Crippen LogP contribution >= 0.6 is 0 Å². The van der Waals surface area contributed by atoms with E-state index in [1.165, 1.54) is 13.3 Å². The van der Waals surface area contributed by atoms with Crippen LogP contribution < -0.4 is 5.73 Å². The Morgan fingerprint density at radius 1 is 1.50 bits per heavy atom. The predicted molar refractivity (Wildman–Crippen MR) is 75.4 cm³/mol. The van der Waals surface area contributed by atoms with Gasteiger partial charge in [0.2, 0.25) is 0 Å². The Morgan fingerprint density at radius 2 is 2.25 bits per heavy atom. The van der Waals surface area contributed by atoms with Gasteiger partial charge in [0.1, 0.15) is 17.2 Å². The van der Waals surface area contributed by atoms with Gasteiger partial charge in [0.05, 0.1) is 7.11 Å². The Labute approximate surface area is 118 Å². The second-order valence-corrected chi connectivity index (χ2v) is 5.18. The number of carbonyl (C=O) groups is 1. The summed E-state index contributed by atoms with van der Waals surface area (Å²) in [6.07, 6.45) is 2.16. The van der Waals surface area contributed by atoms with Gasteiger partial charge in [-0.2, -0.15) is 0 Å². The van der Waals surface area contributed by atoms with Crippen molar-refractivity contribution >= 4 is 11.8 Å². The highest BCUT2D eigenvalue weighted by Gasteiger charge is 2.24. The minimum atomic E-state index is -0.511. The van der Waals surface area contributed by atoms with Crippen molar-refractivity contribution in [2.75, 3.05) is 46.6 Å². The SMILES string of the molecule is COC(=O)c1cnc(CC2CN(C)CCN2C)nc1N. The number of ether oxygens (including phenoxy) is 1. The topological polar surface area (TPSA) is 84.6 Å². The number of rotatable bonds is 3. The quantitative estimate of drug-likeness (QED) is 0.756. The zero-order valence-corrected chi connectivity index (χ0v) is 12.2. The summed E-state index contributed by atoms with van der Waals surface area (Å²) >= 11 is 0. The molecule has 110 valence electrons. The molecule has 1 saturated heterocycles. The molecule has 2 heterocycles. The molecule has 0 saturated carbocycles. The highest BCUT2D eigenvalue weighted by atomic mass is 16.5. The molecule has 0 amide bonds. The number of esters is 1. The van der Waals surface area contributed by atoms with Crippen LogP contribution in [-0.4, -0.2) is 72.6 Å². The second-order valence-electron chi connectivity index (χ2n) is 5.18. The molecular formula is C13H21N5O2. The van der Waals surface area contributed by atoms with Crippen LogP contribution in [0.15, 0.2) is 6.20 Å². The second kappa shape index (κ2) is 6.15. The van der Waals surface area contributed by atoms with Crippen LogP contribution in [-0.2, 0) is 11.2 Å². The smallest absolute Gasteiger partial charge is 0.343 e. The molecule has 7 nitrogen and oxygen atoms in total. The summed E-state index contributed by atoms with van der Waals surface area (Å²) < 4.78 is 4.62. The molecule has 1 aliphatic heterocycles. The average molecular weight is 279 g/mol. The van der Waals surface area contributed by atoms with Crippen molar-refractivity contribution in [2.24, 2.45) is 0 Å². The number of nitrogens with zero attached hydrogens (tertiary/aromatic N) is 4. The number of nitrogens with two attached hydrogens (primary N) is 1. The molecule has 1 aromatic heterocycles. The third kappa shape index (κ3) is 3.23. The molecule has 1 aromatic rings. The summed E-state index contributed by atoms with van der Waals surface area (Å²) in [5, 5.41) is 0. The summed E-state index contributed by atoms with van der Waals surface area (Å²) in [6.45, 7) is 3.06. The fourth-order valence-corrected chi connectivity index (χ4v) is 2.33. The lowest BCUT2D eigenvalue weighted by Gasteiger charge is -2.37. The van der Waals surface area contributed by atoms with E-state index in [0.29, 0.717) is 18.3 Å². The first kappa shape index (κ1) is 14.7. The molecule has 1 fully saturated rings. The van der Waals surface area contributed by atoms with E-state index in [4.69, 9.17) is 5.73 Å². The number of piperazine rings is 1. The van der Waals surface area contributed by atoms with Gasteiger partial charge < -0.3 is 20.3 Å². The lowest BCUT2D eigenvalue weighted by molar-refractivity contribution is 0.0601. The van der Waals surface area contributed by atoms with Crippen molar-refractivity contribution in [3.8, 4) is 0 Å². The number of nitrogen functional groups attached to an aromatic ring is 1. The van der Waals surface area contributed by atoms with Gasteiger partial charge in [0.25, 0.3) is 0 Å². The van der Waals surface area contributed by atoms with Crippen molar-refractivity contribution in [3.63, 3.8) is 0 Å². The Kier molecular flexibility index (Phi) is 4.51. The van der Waals surface area contributed by atoms with E-state index in [1.54, 1.807) is 0 Å². The van der Waals surface area contributed by atoms with Gasteiger partial charge in [-0.05, 0) is 14.1 Å². The van der Waals surface area contributed by atoms with Crippen LogP contribution in [0.2, 0.25) is 0 Å². The van der Waals surface area contributed by atoms with Crippen molar-refractivity contribution < 1.29 is 9.53 Å². The van der Waals surface area contributed by atoms with Crippen LogP contribution in [0.3, 0.4) is 0 Å². The maximum absolute atomic E-state index is 11.4. The molecule has 0 aliphatic carbocycles. The molecule has 7 heteroatoms. The van der Waals surface area contributed by atoms with E-state index in [-0.39, 0.29) is 11.4 Å². The van der Waals surface area contributed by atoms with E-state index in [9.17, 15) is 4.79 Å². The summed E-state index contributed by atoms with van der Waals surface area (Å²) in [6, 6.07) is 0.358. The number of hydrogen-bond acceptors (Lipinski definition) is 7. The minimum Gasteiger partial charge on any atom is -0.465 e. The molecule has 1 unspecified atom stereocenters. The standard InChI is InChI=1S/C13H21N5O2/c1-17-4-5-18(2)9(8-17)6-11-15-7-10(12(14)16-11)13(19)20-3/h7,9H,4-6,8H2,1-3H3,(H2,14,15,16). The van der Waals surface area contributed by atoms with Crippen LogP contribution in [0.4, 0.5) is 5.82 Å². The Hall–Kier alpha value is -1.73. The molecule has 0 aromatic carbocycles. The number of methoxy groups -OCH3 is 1. The van der Waals surface area contributed by atoms with E-state index in [2.05, 4.69) is 38.6 Å². The number of aromatic nitrogens is 2. The molecule has 0 spiro atoms. The number of hydrogen-bond donors (Lipinski definition) is 1. The largest absolute Gasteiger partial charge is 0.465 e. The maximum atomic E-state index is 11.4. The van der Waals surface area contributed by atoms with E-state index >= 15 is 0 Å². The first-order valence-corrected chi connectivity index (χ1v) is 6.59. The third-order valence-corrected chi connectivity index (χ3v) is 3.67. The molecular weight excluding hydrogens is 258 g/mol. The van der Waals surface area contributed by atoms with E-state index in [1.807, 2.05) is 0 Å². The van der Waals surface area contributed by atoms with Gasteiger partial charge in [0.15, 0.2) is 0 Å². The highest BCUT2D eigenvalue weighted by molar-refractivity contribution is 5.93. The predicted octanol–water partition coefficient (Wildman–Crippen LogP) is -0.366. The van der Waals surface area contributed by atoms with Crippen LogP contribution in [0, 0.1) is 0 Å². The minimum absolute atomic E-state index is 0.175. The van der Waals surface area contributed by atoms with Crippen molar-refractivity contribution in [1.82, 2.24) is 19.8 Å². The van der Waals surface area contributed by atoms with Crippen molar-refractivity contribution in [1.29, 1.82) is 0 Å². The molecule has 0 bridgehead atoms. The van der Waals surface area contributed by atoms with Gasteiger partial charge in [0, 0.05) is 38.3 Å². The van der Waals surface area contributed by atoms with Crippen molar-refractivity contribution in [3.05, 3.63) is 17.6 Å². The summed E-state index contributed by atoms with van der Waals surface area (Å²) in [4.78, 5) is 24.5. The van der Waals surface area contributed by atoms with Gasteiger partial charge >= 0.3 is 5.97 Å². The number of carbonyl (C=O) groups excluding carboxylic acids is 1. The zero-order chi connectivity index (χ0) is 14.7. The van der Waals surface area contributed by atoms with Crippen LogP contribution in [0.25, 0.3) is 0 Å². The Balaban J connectivity index is 2.10. The fraction of sp³-hybridized carbons (Fsp3) is 0.615. The fourth-order valence-electron chi connectivity index (χ4n) is 2.33. The molecule has 20 heavy (non-hydrogen) atoms. The number of likely N-dealkylation sites (N-methyl/N-ethyl adjacent to an activating group) is 2. The monoisotopic (exact) mass is 279 g/mol. The molecule has 2 rings (SSSR count). The Bertz CT molecular complexity index is 494.